The first-order valence-corrected chi connectivity index (χ1v) is 10.9. The average Bonchev–Trinajstić information content (AvgIpc) is 2.58. The van der Waals surface area contributed by atoms with Crippen LogP contribution in [0.25, 0.3) is 0 Å². The van der Waals surface area contributed by atoms with Gasteiger partial charge in [0.2, 0.25) is 5.91 Å². The number of aryl methyl sites for hydroxylation is 1. The number of amides is 1. The van der Waals surface area contributed by atoms with Crippen molar-refractivity contribution in [3.63, 3.8) is 0 Å². The molecule has 0 saturated carbocycles. The molecule has 4 nitrogen and oxygen atoms in total. The number of hydrogen-bond donors (Lipinski definition) is 1. The average molecular weight is 412 g/mol. The lowest BCUT2D eigenvalue weighted by Crippen LogP contribution is -2.35. The zero-order chi connectivity index (χ0) is 18.7. The summed E-state index contributed by atoms with van der Waals surface area (Å²) in [5, 5.41) is 3.42. The molecule has 2 aromatic rings. The van der Waals surface area contributed by atoms with E-state index in [0.717, 1.165) is 24.8 Å². The SMILES string of the molecule is O=C(CS(=O)(=O)Cc1c(Cl)cccc1Cl)NC1CCCc2ccccc21. The maximum absolute atomic E-state index is 12.4. The maximum Gasteiger partial charge on any atom is 0.235 e. The van der Waals surface area contributed by atoms with Gasteiger partial charge < -0.3 is 5.32 Å². The quantitative estimate of drug-likeness (QED) is 0.804. The fourth-order valence-electron chi connectivity index (χ4n) is 3.28. The Kier molecular flexibility index (Phi) is 5.90. The lowest BCUT2D eigenvalue weighted by molar-refractivity contribution is -0.119. The first-order chi connectivity index (χ1) is 12.4. The van der Waals surface area contributed by atoms with Gasteiger partial charge in [-0.1, -0.05) is 53.5 Å². The van der Waals surface area contributed by atoms with E-state index in [0.29, 0.717) is 5.56 Å². The van der Waals surface area contributed by atoms with Crippen molar-refractivity contribution in [3.05, 3.63) is 69.2 Å². The predicted molar refractivity (Wildman–Crippen MR) is 104 cm³/mol. The molecule has 1 unspecified atom stereocenters. The molecule has 26 heavy (non-hydrogen) atoms. The maximum atomic E-state index is 12.4. The Morgan fingerprint density at radius 1 is 1.08 bits per heavy atom. The standard InChI is InChI=1S/C19H19Cl2NO3S/c20-16-8-4-9-17(21)15(16)11-26(24,25)12-19(23)22-18-10-3-6-13-5-1-2-7-14(13)18/h1-2,4-5,7-9,18H,3,6,10-12H2,(H,22,23). The molecular weight excluding hydrogens is 393 g/mol. The summed E-state index contributed by atoms with van der Waals surface area (Å²) < 4.78 is 24.8. The smallest absolute Gasteiger partial charge is 0.235 e. The summed E-state index contributed by atoms with van der Waals surface area (Å²) in [6.45, 7) is 0. The van der Waals surface area contributed by atoms with Crippen molar-refractivity contribution in [2.24, 2.45) is 0 Å². The molecule has 0 aliphatic heterocycles. The molecule has 0 aromatic heterocycles. The number of halogens is 2. The summed E-state index contributed by atoms with van der Waals surface area (Å²) in [7, 11) is -3.69. The lowest BCUT2D eigenvalue weighted by Gasteiger charge is -2.26. The summed E-state index contributed by atoms with van der Waals surface area (Å²) >= 11 is 12.1. The van der Waals surface area contributed by atoms with Gasteiger partial charge in [-0.25, -0.2) is 8.42 Å². The van der Waals surface area contributed by atoms with E-state index in [-0.39, 0.29) is 21.8 Å². The van der Waals surface area contributed by atoms with E-state index in [4.69, 9.17) is 23.2 Å². The number of benzene rings is 2. The summed E-state index contributed by atoms with van der Waals surface area (Å²) in [4.78, 5) is 12.3. The van der Waals surface area contributed by atoms with Crippen molar-refractivity contribution in [1.82, 2.24) is 5.32 Å². The van der Waals surface area contributed by atoms with Gasteiger partial charge in [0.25, 0.3) is 0 Å². The molecule has 1 atom stereocenters. The van der Waals surface area contributed by atoms with Gasteiger partial charge in [-0.2, -0.15) is 0 Å². The Morgan fingerprint density at radius 3 is 2.50 bits per heavy atom. The van der Waals surface area contributed by atoms with Gasteiger partial charge in [-0.15, -0.1) is 0 Å². The Labute approximate surface area is 163 Å². The third kappa shape index (κ3) is 4.58. The second kappa shape index (κ2) is 7.99. The van der Waals surface area contributed by atoms with Crippen molar-refractivity contribution in [3.8, 4) is 0 Å². The Bertz CT molecular complexity index is 908. The highest BCUT2D eigenvalue weighted by atomic mass is 35.5. The molecule has 0 saturated heterocycles. The first kappa shape index (κ1) is 19.2. The van der Waals surface area contributed by atoms with Gasteiger partial charge in [0, 0.05) is 15.6 Å². The van der Waals surface area contributed by atoms with Crippen molar-refractivity contribution in [2.75, 3.05) is 5.75 Å². The monoisotopic (exact) mass is 411 g/mol. The molecule has 0 fully saturated rings. The molecule has 2 aromatic carbocycles. The molecule has 0 spiro atoms. The fraction of sp³-hybridized carbons (Fsp3) is 0.316. The van der Waals surface area contributed by atoms with Crippen LogP contribution < -0.4 is 5.32 Å². The van der Waals surface area contributed by atoms with Gasteiger partial charge >= 0.3 is 0 Å². The minimum Gasteiger partial charge on any atom is -0.348 e. The molecule has 0 heterocycles. The van der Waals surface area contributed by atoms with E-state index < -0.39 is 21.5 Å². The van der Waals surface area contributed by atoms with Crippen LogP contribution in [0.1, 0.15) is 35.6 Å². The van der Waals surface area contributed by atoms with Crippen LogP contribution in [0.3, 0.4) is 0 Å². The summed E-state index contributed by atoms with van der Waals surface area (Å²) in [6, 6.07) is 12.6. The minimum absolute atomic E-state index is 0.147. The van der Waals surface area contributed by atoms with Crippen LogP contribution >= 0.6 is 23.2 Å². The molecule has 3 rings (SSSR count). The number of fused-ring (bicyclic) bond motifs is 1. The zero-order valence-electron chi connectivity index (χ0n) is 14.0. The zero-order valence-corrected chi connectivity index (χ0v) is 16.4. The molecule has 0 radical (unpaired) electrons. The Morgan fingerprint density at radius 2 is 1.77 bits per heavy atom. The molecule has 1 N–H and O–H groups in total. The van der Waals surface area contributed by atoms with Gasteiger partial charge in [0.05, 0.1) is 11.8 Å². The number of sulfone groups is 1. The lowest BCUT2D eigenvalue weighted by atomic mass is 9.88. The van der Waals surface area contributed by atoms with Crippen molar-refractivity contribution in [2.45, 2.75) is 31.1 Å². The van der Waals surface area contributed by atoms with Crippen LogP contribution in [0.5, 0.6) is 0 Å². The van der Waals surface area contributed by atoms with Crippen LogP contribution in [0.2, 0.25) is 10.0 Å². The molecule has 0 bridgehead atoms. The van der Waals surface area contributed by atoms with E-state index in [2.05, 4.69) is 5.32 Å². The fourth-order valence-corrected chi connectivity index (χ4v) is 5.31. The highest BCUT2D eigenvalue weighted by Gasteiger charge is 2.25. The molecule has 1 amide bonds. The van der Waals surface area contributed by atoms with Crippen LogP contribution in [0.15, 0.2) is 42.5 Å². The topological polar surface area (TPSA) is 63.2 Å². The molecule has 1 aliphatic carbocycles. The Balaban J connectivity index is 1.68. The minimum atomic E-state index is -3.69. The van der Waals surface area contributed by atoms with Crippen molar-refractivity contribution < 1.29 is 13.2 Å². The summed E-state index contributed by atoms with van der Waals surface area (Å²) in [6.07, 6.45) is 2.74. The summed E-state index contributed by atoms with van der Waals surface area (Å²) in [5.74, 6) is -1.46. The highest BCUT2D eigenvalue weighted by Crippen LogP contribution is 2.30. The van der Waals surface area contributed by atoms with E-state index in [9.17, 15) is 13.2 Å². The molecular formula is C19H19Cl2NO3S. The van der Waals surface area contributed by atoms with E-state index in [1.54, 1.807) is 18.2 Å². The van der Waals surface area contributed by atoms with E-state index in [1.807, 2.05) is 24.3 Å². The van der Waals surface area contributed by atoms with Gasteiger partial charge in [0.15, 0.2) is 9.84 Å². The third-order valence-electron chi connectivity index (χ3n) is 4.48. The van der Waals surface area contributed by atoms with Crippen LogP contribution in [0.4, 0.5) is 0 Å². The third-order valence-corrected chi connectivity index (χ3v) is 6.62. The van der Waals surface area contributed by atoms with Crippen LogP contribution in [0, 0.1) is 0 Å². The van der Waals surface area contributed by atoms with Gasteiger partial charge in [-0.05, 0) is 42.5 Å². The molecule has 138 valence electrons. The van der Waals surface area contributed by atoms with Crippen molar-refractivity contribution in [1.29, 1.82) is 0 Å². The molecule has 1 aliphatic rings. The van der Waals surface area contributed by atoms with Gasteiger partial charge in [0.1, 0.15) is 5.75 Å². The first-order valence-electron chi connectivity index (χ1n) is 8.36. The second-order valence-electron chi connectivity index (χ2n) is 6.44. The summed E-state index contributed by atoms with van der Waals surface area (Å²) in [5.41, 5.74) is 2.60. The number of carbonyl (C=O) groups is 1. The number of carbonyl (C=O) groups excluding carboxylic acids is 1. The van der Waals surface area contributed by atoms with E-state index in [1.165, 1.54) is 5.56 Å². The second-order valence-corrected chi connectivity index (χ2v) is 9.32. The van der Waals surface area contributed by atoms with Gasteiger partial charge in [-0.3, -0.25) is 4.79 Å². The highest BCUT2D eigenvalue weighted by molar-refractivity contribution is 7.91. The molecule has 7 heteroatoms. The van der Waals surface area contributed by atoms with E-state index >= 15 is 0 Å². The largest absolute Gasteiger partial charge is 0.348 e. The van der Waals surface area contributed by atoms with Crippen molar-refractivity contribution >= 4 is 38.9 Å². The number of hydrogen-bond acceptors (Lipinski definition) is 3. The van der Waals surface area contributed by atoms with Crippen LogP contribution in [-0.2, 0) is 26.8 Å². The Hall–Kier alpha value is -1.56. The normalized spacial score (nSPS) is 16.8. The van der Waals surface area contributed by atoms with Crippen LogP contribution in [-0.4, -0.2) is 20.1 Å². The number of rotatable bonds is 5. The predicted octanol–water partition coefficient (Wildman–Crippen LogP) is 4.10. The number of nitrogens with one attached hydrogen (secondary N) is 1.